The molecule has 33 heavy (non-hydrogen) atoms. The smallest absolute Gasteiger partial charge is 0.211 e. The van der Waals surface area contributed by atoms with Crippen molar-refractivity contribution in [3.8, 4) is 22.3 Å². The molecular weight excluding hydrogens is 428 g/mol. The zero-order chi connectivity index (χ0) is 23.2. The molecule has 0 unspecified atom stereocenters. The van der Waals surface area contributed by atoms with E-state index >= 15 is 0 Å². The first-order valence-electron chi connectivity index (χ1n) is 10.3. The van der Waals surface area contributed by atoms with E-state index in [4.69, 9.17) is 0 Å². The first-order chi connectivity index (χ1) is 16.1. The highest BCUT2D eigenvalue weighted by molar-refractivity contribution is 7.99. The SMILES string of the molecule is Cc1ccc(N=C=O)c(-c2ccccc2Sc2ccccc2-c2cc(C)ccc2N=C=O)c1. The molecule has 0 fully saturated rings. The van der Waals surface area contributed by atoms with Crippen molar-refractivity contribution in [2.75, 3.05) is 0 Å². The fourth-order valence-electron chi connectivity index (χ4n) is 3.70. The maximum absolute atomic E-state index is 11.0. The van der Waals surface area contributed by atoms with Crippen LogP contribution in [-0.4, -0.2) is 12.2 Å². The van der Waals surface area contributed by atoms with Gasteiger partial charge in [-0.1, -0.05) is 71.4 Å². The average Bonchev–Trinajstić information content (AvgIpc) is 2.82. The van der Waals surface area contributed by atoms with Crippen molar-refractivity contribution < 1.29 is 9.59 Å². The topological polar surface area (TPSA) is 58.9 Å². The van der Waals surface area contributed by atoms with Crippen molar-refractivity contribution in [1.82, 2.24) is 0 Å². The van der Waals surface area contributed by atoms with Crippen LogP contribution in [0.5, 0.6) is 0 Å². The molecule has 0 saturated heterocycles. The van der Waals surface area contributed by atoms with E-state index in [9.17, 15) is 9.59 Å². The average molecular weight is 449 g/mol. The highest BCUT2D eigenvalue weighted by Crippen LogP contribution is 2.44. The quantitative estimate of drug-likeness (QED) is 0.224. The van der Waals surface area contributed by atoms with Gasteiger partial charge in [0.15, 0.2) is 0 Å². The molecule has 0 bridgehead atoms. The van der Waals surface area contributed by atoms with Gasteiger partial charge in [-0.15, -0.1) is 0 Å². The lowest BCUT2D eigenvalue weighted by molar-refractivity contribution is 0.564. The number of isocyanates is 2. The van der Waals surface area contributed by atoms with Crippen molar-refractivity contribution in [2.45, 2.75) is 23.6 Å². The lowest BCUT2D eigenvalue weighted by Crippen LogP contribution is -1.88. The van der Waals surface area contributed by atoms with Gasteiger partial charge in [0.05, 0.1) is 11.4 Å². The van der Waals surface area contributed by atoms with Gasteiger partial charge >= 0.3 is 0 Å². The fraction of sp³-hybridized carbons (Fsp3) is 0.0714. The summed E-state index contributed by atoms with van der Waals surface area (Å²) in [6, 6.07) is 27.7. The summed E-state index contributed by atoms with van der Waals surface area (Å²) in [4.78, 5) is 31.9. The monoisotopic (exact) mass is 448 g/mol. The first-order valence-corrected chi connectivity index (χ1v) is 11.2. The molecule has 5 heteroatoms. The van der Waals surface area contributed by atoms with Crippen molar-refractivity contribution in [3.63, 3.8) is 0 Å². The van der Waals surface area contributed by atoms with Crippen LogP contribution in [0.25, 0.3) is 22.3 Å². The van der Waals surface area contributed by atoms with E-state index in [-0.39, 0.29) is 0 Å². The summed E-state index contributed by atoms with van der Waals surface area (Å²) in [7, 11) is 0. The number of rotatable bonds is 6. The second kappa shape index (κ2) is 10.1. The Kier molecular flexibility index (Phi) is 6.77. The van der Waals surface area contributed by atoms with E-state index in [1.165, 1.54) is 0 Å². The molecule has 0 atom stereocenters. The fourth-order valence-corrected chi connectivity index (χ4v) is 4.81. The van der Waals surface area contributed by atoms with E-state index in [1.807, 2.05) is 98.8 Å². The van der Waals surface area contributed by atoms with Crippen LogP contribution in [0.2, 0.25) is 0 Å². The van der Waals surface area contributed by atoms with Crippen molar-refractivity contribution in [3.05, 3.63) is 96.1 Å². The third-order valence-corrected chi connectivity index (χ3v) is 6.36. The predicted octanol–water partition coefficient (Wildman–Crippen LogP) is 7.72. The highest BCUT2D eigenvalue weighted by Gasteiger charge is 2.15. The van der Waals surface area contributed by atoms with Gasteiger partial charge in [-0.25, -0.2) is 9.59 Å². The normalized spacial score (nSPS) is 10.2. The number of hydrogen-bond donors (Lipinski definition) is 0. The van der Waals surface area contributed by atoms with Gasteiger partial charge in [0.2, 0.25) is 12.2 Å². The Balaban J connectivity index is 1.86. The summed E-state index contributed by atoms with van der Waals surface area (Å²) in [6.07, 6.45) is 3.33. The van der Waals surface area contributed by atoms with E-state index in [0.29, 0.717) is 11.4 Å². The zero-order valence-electron chi connectivity index (χ0n) is 18.2. The maximum Gasteiger partial charge on any atom is 0.240 e. The van der Waals surface area contributed by atoms with Crippen LogP contribution in [0.3, 0.4) is 0 Å². The molecule has 0 radical (unpaired) electrons. The zero-order valence-corrected chi connectivity index (χ0v) is 19.0. The number of nitrogens with zero attached hydrogens (tertiary/aromatic N) is 2. The van der Waals surface area contributed by atoms with Crippen LogP contribution in [0.4, 0.5) is 11.4 Å². The molecule has 0 aliphatic rings. The molecule has 4 aromatic carbocycles. The molecule has 0 heterocycles. The van der Waals surface area contributed by atoms with E-state index in [2.05, 4.69) is 9.98 Å². The standard InChI is InChI=1S/C28H20N2O2S/c1-19-11-13-25(29-17-31)23(15-19)21-7-3-5-9-27(21)33-28-10-6-4-8-22(28)24-16-20(2)12-14-26(24)30-18-32/h3-16H,1-2H3. The predicted molar refractivity (Wildman–Crippen MR) is 133 cm³/mol. The van der Waals surface area contributed by atoms with Crippen LogP contribution in [0.1, 0.15) is 11.1 Å². The maximum atomic E-state index is 11.0. The van der Waals surface area contributed by atoms with Gasteiger partial charge < -0.3 is 0 Å². The Hall–Kier alpha value is -4.01. The number of hydrogen-bond acceptors (Lipinski definition) is 5. The van der Waals surface area contributed by atoms with E-state index < -0.39 is 0 Å². The summed E-state index contributed by atoms with van der Waals surface area (Å²) in [5, 5.41) is 0. The molecule has 160 valence electrons. The minimum atomic E-state index is 0.582. The Bertz CT molecular complexity index is 1320. The second-order valence-electron chi connectivity index (χ2n) is 7.54. The molecule has 0 aliphatic heterocycles. The van der Waals surface area contributed by atoms with Crippen LogP contribution < -0.4 is 0 Å². The minimum Gasteiger partial charge on any atom is -0.211 e. The first kappa shape index (κ1) is 22.2. The summed E-state index contributed by atoms with van der Waals surface area (Å²) in [5.41, 5.74) is 7.02. The highest BCUT2D eigenvalue weighted by atomic mass is 32.2. The van der Waals surface area contributed by atoms with Gasteiger partial charge in [0, 0.05) is 20.9 Å². The van der Waals surface area contributed by atoms with Crippen LogP contribution in [-0.2, 0) is 9.59 Å². The number of carbonyl (C=O) groups excluding carboxylic acids is 2. The largest absolute Gasteiger partial charge is 0.240 e. The van der Waals surface area contributed by atoms with Crippen molar-refractivity contribution in [2.24, 2.45) is 9.98 Å². The van der Waals surface area contributed by atoms with E-state index in [0.717, 1.165) is 43.2 Å². The van der Waals surface area contributed by atoms with Gasteiger partial charge in [-0.05, 0) is 61.4 Å². The molecule has 0 aromatic heterocycles. The molecule has 4 aromatic rings. The Labute approximate surface area is 196 Å². The minimum absolute atomic E-state index is 0.582. The van der Waals surface area contributed by atoms with Gasteiger partial charge in [0.25, 0.3) is 0 Å². The van der Waals surface area contributed by atoms with Gasteiger partial charge in [-0.3, -0.25) is 0 Å². The molecule has 4 nitrogen and oxygen atoms in total. The Morgan fingerprint density at radius 1 is 0.576 bits per heavy atom. The number of aryl methyl sites for hydroxylation is 2. The summed E-state index contributed by atoms with van der Waals surface area (Å²) in [6.45, 7) is 4.02. The Morgan fingerprint density at radius 3 is 1.42 bits per heavy atom. The Morgan fingerprint density at radius 2 is 1.00 bits per heavy atom. The molecule has 0 N–H and O–H groups in total. The lowest BCUT2D eigenvalue weighted by Gasteiger charge is -2.15. The molecule has 0 aliphatic carbocycles. The second-order valence-corrected chi connectivity index (χ2v) is 8.63. The summed E-state index contributed by atoms with van der Waals surface area (Å²) in [5.74, 6) is 0. The van der Waals surface area contributed by atoms with E-state index in [1.54, 1.807) is 23.9 Å². The van der Waals surface area contributed by atoms with Crippen molar-refractivity contribution >= 4 is 35.3 Å². The summed E-state index contributed by atoms with van der Waals surface area (Å²) >= 11 is 1.62. The molecule has 0 saturated carbocycles. The molecule has 0 spiro atoms. The lowest BCUT2D eigenvalue weighted by atomic mass is 10.0. The van der Waals surface area contributed by atoms with Crippen LogP contribution in [0, 0.1) is 13.8 Å². The third kappa shape index (κ3) is 4.92. The van der Waals surface area contributed by atoms with Gasteiger partial charge in [0.1, 0.15) is 0 Å². The molecule has 4 rings (SSSR count). The summed E-state index contributed by atoms with van der Waals surface area (Å²) < 4.78 is 0. The number of aliphatic imine (C=N–C) groups is 2. The molecular formula is C28H20N2O2S. The molecule has 0 amide bonds. The van der Waals surface area contributed by atoms with Crippen LogP contribution >= 0.6 is 11.8 Å². The van der Waals surface area contributed by atoms with Crippen LogP contribution in [0.15, 0.2) is 105 Å². The van der Waals surface area contributed by atoms with Gasteiger partial charge in [-0.2, -0.15) is 9.98 Å². The number of benzene rings is 4. The van der Waals surface area contributed by atoms with Crippen molar-refractivity contribution in [1.29, 1.82) is 0 Å². The third-order valence-electron chi connectivity index (χ3n) is 5.21.